The third kappa shape index (κ3) is 6.84. The van der Waals surface area contributed by atoms with Crippen molar-refractivity contribution in [2.45, 2.75) is 19.3 Å². The van der Waals surface area contributed by atoms with Crippen LogP contribution in [0.3, 0.4) is 0 Å². The van der Waals surface area contributed by atoms with Crippen molar-refractivity contribution in [1.82, 2.24) is 14.7 Å². The lowest BCUT2D eigenvalue weighted by molar-refractivity contribution is 0.198. The summed E-state index contributed by atoms with van der Waals surface area (Å²) in [6, 6.07) is 8.23. The number of carbonyl (C=O) groups excluding carboxylic acids is 1. The van der Waals surface area contributed by atoms with Crippen LogP contribution in [0.1, 0.15) is 19.3 Å². The van der Waals surface area contributed by atoms with Crippen molar-refractivity contribution in [3.05, 3.63) is 24.3 Å². The van der Waals surface area contributed by atoms with Gasteiger partial charge in [-0.2, -0.15) is 0 Å². The van der Waals surface area contributed by atoms with Crippen LogP contribution in [-0.2, 0) is 0 Å². The number of rotatable bonds is 8. The largest absolute Gasteiger partial charge is 0.372 e. The van der Waals surface area contributed by atoms with Crippen molar-refractivity contribution in [3.8, 4) is 0 Å². The maximum absolute atomic E-state index is 12.7. The van der Waals surface area contributed by atoms with Crippen molar-refractivity contribution in [2.24, 2.45) is 0 Å². The van der Waals surface area contributed by atoms with Gasteiger partial charge in [-0.25, -0.2) is 4.79 Å². The Kier molecular flexibility index (Phi) is 8.19. The van der Waals surface area contributed by atoms with Gasteiger partial charge in [0.05, 0.1) is 0 Å². The second kappa shape index (κ2) is 10.4. The fraction of sp³-hybridized carbons (Fsp3) is 0.650. The Morgan fingerprint density at radius 1 is 0.885 bits per heavy atom. The minimum absolute atomic E-state index is 0.0283. The molecule has 2 amide bonds. The molecule has 0 spiro atoms. The van der Waals surface area contributed by atoms with Gasteiger partial charge in [0.2, 0.25) is 0 Å². The molecule has 0 aromatic heterocycles. The number of hydrogen-bond donors (Lipinski definition) is 1. The van der Waals surface area contributed by atoms with Crippen molar-refractivity contribution in [3.63, 3.8) is 0 Å². The third-order valence-corrected chi connectivity index (χ3v) is 4.76. The summed E-state index contributed by atoms with van der Waals surface area (Å²) in [4.78, 5) is 21.2. The van der Waals surface area contributed by atoms with Crippen LogP contribution >= 0.6 is 0 Å². The maximum atomic E-state index is 12.7. The van der Waals surface area contributed by atoms with E-state index in [0.717, 1.165) is 45.0 Å². The Morgan fingerprint density at radius 2 is 1.42 bits per heavy atom. The molecular formula is C20H35N5O. The molecule has 146 valence electrons. The molecule has 1 aliphatic heterocycles. The molecule has 1 saturated heterocycles. The number of benzene rings is 1. The van der Waals surface area contributed by atoms with Gasteiger partial charge in [0.15, 0.2) is 0 Å². The SMILES string of the molecule is CN(C)CCN(CCN(C)C)C(=O)Nc1ccc(N2CCCCC2)cc1. The summed E-state index contributed by atoms with van der Waals surface area (Å²) in [6.07, 6.45) is 3.87. The van der Waals surface area contributed by atoms with Crippen LogP contribution in [0.25, 0.3) is 0 Å². The van der Waals surface area contributed by atoms with Crippen LogP contribution in [0, 0.1) is 0 Å². The first-order valence-corrected chi connectivity index (χ1v) is 9.66. The molecule has 1 N–H and O–H groups in total. The van der Waals surface area contributed by atoms with E-state index in [1.807, 2.05) is 45.2 Å². The van der Waals surface area contributed by atoms with Gasteiger partial charge in [-0.15, -0.1) is 0 Å². The molecule has 0 aliphatic carbocycles. The minimum atomic E-state index is -0.0283. The topological polar surface area (TPSA) is 42.1 Å². The van der Waals surface area contributed by atoms with Gasteiger partial charge >= 0.3 is 6.03 Å². The molecule has 1 aromatic rings. The predicted octanol–water partition coefficient (Wildman–Crippen LogP) is 2.63. The Hall–Kier alpha value is -1.79. The number of urea groups is 1. The number of nitrogens with zero attached hydrogens (tertiary/aromatic N) is 4. The van der Waals surface area contributed by atoms with Crippen molar-refractivity contribution < 1.29 is 4.79 Å². The van der Waals surface area contributed by atoms with E-state index in [9.17, 15) is 4.79 Å². The second-order valence-electron chi connectivity index (χ2n) is 7.62. The molecule has 6 nitrogen and oxygen atoms in total. The molecule has 0 unspecified atom stereocenters. The highest BCUT2D eigenvalue weighted by Crippen LogP contribution is 2.21. The van der Waals surface area contributed by atoms with E-state index in [1.165, 1.54) is 24.9 Å². The number of likely N-dealkylation sites (N-methyl/N-ethyl adjacent to an activating group) is 2. The van der Waals surface area contributed by atoms with Crippen LogP contribution in [-0.4, -0.2) is 88.2 Å². The van der Waals surface area contributed by atoms with Gasteiger partial charge in [-0.1, -0.05) is 0 Å². The van der Waals surface area contributed by atoms with E-state index in [4.69, 9.17) is 0 Å². The Morgan fingerprint density at radius 3 is 1.92 bits per heavy atom. The van der Waals surface area contributed by atoms with Gasteiger partial charge in [0.25, 0.3) is 0 Å². The smallest absolute Gasteiger partial charge is 0.321 e. The Labute approximate surface area is 158 Å². The van der Waals surface area contributed by atoms with Crippen LogP contribution in [0.5, 0.6) is 0 Å². The molecule has 0 saturated carbocycles. The highest BCUT2D eigenvalue weighted by atomic mass is 16.2. The summed E-state index contributed by atoms with van der Waals surface area (Å²) in [5.74, 6) is 0. The van der Waals surface area contributed by atoms with Crippen molar-refractivity contribution in [1.29, 1.82) is 0 Å². The highest BCUT2D eigenvalue weighted by Gasteiger charge is 2.15. The van der Waals surface area contributed by atoms with E-state index in [2.05, 4.69) is 32.1 Å². The summed E-state index contributed by atoms with van der Waals surface area (Å²) in [5.41, 5.74) is 2.11. The zero-order valence-corrected chi connectivity index (χ0v) is 16.9. The number of hydrogen-bond acceptors (Lipinski definition) is 4. The highest BCUT2D eigenvalue weighted by molar-refractivity contribution is 5.89. The van der Waals surface area contributed by atoms with Gasteiger partial charge < -0.3 is 24.9 Å². The molecule has 1 aliphatic rings. The van der Waals surface area contributed by atoms with Crippen LogP contribution in [0.4, 0.5) is 16.2 Å². The first-order chi connectivity index (χ1) is 12.5. The fourth-order valence-electron chi connectivity index (χ4n) is 3.07. The Bertz CT molecular complexity index is 526. The zero-order chi connectivity index (χ0) is 18.9. The quantitative estimate of drug-likeness (QED) is 0.773. The van der Waals surface area contributed by atoms with Crippen LogP contribution in [0.2, 0.25) is 0 Å². The van der Waals surface area contributed by atoms with E-state index >= 15 is 0 Å². The van der Waals surface area contributed by atoms with Crippen LogP contribution < -0.4 is 10.2 Å². The van der Waals surface area contributed by atoms with Gasteiger partial charge in [-0.05, 0) is 71.7 Å². The van der Waals surface area contributed by atoms with Crippen molar-refractivity contribution in [2.75, 3.05) is 77.7 Å². The van der Waals surface area contributed by atoms with E-state index in [0.29, 0.717) is 0 Å². The van der Waals surface area contributed by atoms with E-state index < -0.39 is 0 Å². The fourth-order valence-corrected chi connectivity index (χ4v) is 3.07. The molecule has 0 radical (unpaired) electrons. The summed E-state index contributed by atoms with van der Waals surface area (Å²) < 4.78 is 0. The molecule has 0 atom stereocenters. The molecule has 26 heavy (non-hydrogen) atoms. The van der Waals surface area contributed by atoms with Crippen molar-refractivity contribution >= 4 is 17.4 Å². The normalized spacial score (nSPS) is 14.8. The summed E-state index contributed by atoms with van der Waals surface area (Å²) in [6.45, 7) is 5.42. The predicted molar refractivity (Wildman–Crippen MR) is 110 cm³/mol. The molecule has 1 aromatic carbocycles. The average Bonchev–Trinajstić information content (AvgIpc) is 2.62. The summed E-state index contributed by atoms with van der Waals surface area (Å²) in [7, 11) is 8.12. The monoisotopic (exact) mass is 361 g/mol. The zero-order valence-electron chi connectivity index (χ0n) is 16.9. The first kappa shape index (κ1) is 20.5. The molecule has 1 fully saturated rings. The second-order valence-corrected chi connectivity index (χ2v) is 7.62. The number of carbonyl (C=O) groups is 1. The lowest BCUT2D eigenvalue weighted by Gasteiger charge is -2.29. The number of piperidine rings is 1. The number of anilines is 2. The standard InChI is InChI=1S/C20H35N5O/c1-22(2)14-16-25(17-15-23(3)4)20(26)21-18-8-10-19(11-9-18)24-12-6-5-7-13-24/h8-11H,5-7,12-17H2,1-4H3,(H,21,26). The molecule has 1 heterocycles. The van der Waals surface area contributed by atoms with Gasteiger partial charge in [-0.3, -0.25) is 0 Å². The molecule has 0 bridgehead atoms. The molecular weight excluding hydrogens is 326 g/mol. The minimum Gasteiger partial charge on any atom is -0.372 e. The number of amides is 2. The molecule has 6 heteroatoms. The number of nitrogens with one attached hydrogen (secondary N) is 1. The third-order valence-electron chi connectivity index (χ3n) is 4.76. The summed E-state index contributed by atoms with van der Waals surface area (Å²) in [5, 5.41) is 3.05. The van der Waals surface area contributed by atoms with E-state index in [1.54, 1.807) is 0 Å². The first-order valence-electron chi connectivity index (χ1n) is 9.66. The maximum Gasteiger partial charge on any atom is 0.321 e. The van der Waals surface area contributed by atoms with Gasteiger partial charge in [0, 0.05) is 50.6 Å². The Balaban J connectivity index is 1.93. The lowest BCUT2D eigenvalue weighted by atomic mass is 10.1. The van der Waals surface area contributed by atoms with Gasteiger partial charge in [0.1, 0.15) is 0 Å². The van der Waals surface area contributed by atoms with E-state index in [-0.39, 0.29) is 6.03 Å². The lowest BCUT2D eigenvalue weighted by Crippen LogP contribution is -2.42. The summed E-state index contributed by atoms with van der Waals surface area (Å²) >= 11 is 0. The molecule has 2 rings (SSSR count). The average molecular weight is 362 g/mol. The van der Waals surface area contributed by atoms with Crippen LogP contribution in [0.15, 0.2) is 24.3 Å².